The molecule has 0 fully saturated rings. The highest BCUT2D eigenvalue weighted by atomic mass is 32.1. The molecule has 2 aromatic heterocycles. The third kappa shape index (κ3) is 4.52. The molecule has 0 radical (unpaired) electrons. The molecule has 3 aromatic rings. The number of aromatic nitrogens is 1. The normalized spacial score (nSPS) is 10.4. The molecule has 0 aliphatic carbocycles. The Balaban J connectivity index is 1.79. The van der Waals surface area contributed by atoms with Crippen molar-refractivity contribution in [3.63, 3.8) is 0 Å². The summed E-state index contributed by atoms with van der Waals surface area (Å²) in [4.78, 5) is 24.7. The van der Waals surface area contributed by atoms with Crippen molar-refractivity contribution in [2.75, 3.05) is 11.9 Å². The first-order valence-electron chi connectivity index (χ1n) is 8.75. The second-order valence-electron chi connectivity index (χ2n) is 6.36. The van der Waals surface area contributed by atoms with E-state index in [0.29, 0.717) is 22.8 Å². The van der Waals surface area contributed by atoms with E-state index in [-0.39, 0.29) is 5.82 Å². The molecular weight excluding hydrogens is 393 g/mol. The van der Waals surface area contributed by atoms with Gasteiger partial charge in [-0.3, -0.25) is 4.79 Å². The fourth-order valence-corrected chi connectivity index (χ4v) is 3.48. The molecule has 2 heterocycles. The Morgan fingerprint density at radius 1 is 1.24 bits per heavy atom. The minimum Gasteiger partial charge on any atom is -0.451 e. The second-order valence-corrected chi connectivity index (χ2v) is 7.31. The van der Waals surface area contributed by atoms with Crippen LogP contribution in [0.3, 0.4) is 0 Å². The highest BCUT2D eigenvalue weighted by Gasteiger charge is 2.20. The van der Waals surface area contributed by atoms with E-state index in [0.717, 1.165) is 16.8 Å². The summed E-state index contributed by atoms with van der Waals surface area (Å²) >= 11 is 1.22. The Bertz CT molecular complexity index is 1080. The lowest BCUT2D eigenvalue weighted by molar-refractivity contribution is -0.119. The third-order valence-corrected chi connectivity index (χ3v) is 5.36. The maximum Gasteiger partial charge on any atom is 0.348 e. The summed E-state index contributed by atoms with van der Waals surface area (Å²) in [5.74, 6) is -1.15. The maximum atomic E-state index is 13.2. The molecule has 0 bridgehead atoms. The number of rotatable bonds is 6. The number of carbonyl (C=O) groups is 2. The Labute approximate surface area is 171 Å². The van der Waals surface area contributed by atoms with Gasteiger partial charge in [0, 0.05) is 12.2 Å². The monoisotopic (exact) mass is 411 g/mol. The van der Waals surface area contributed by atoms with Crippen LogP contribution in [0.15, 0.2) is 41.8 Å². The number of esters is 1. The van der Waals surface area contributed by atoms with E-state index in [1.165, 1.54) is 23.5 Å². The summed E-state index contributed by atoms with van der Waals surface area (Å²) in [5.41, 5.74) is 2.69. The van der Waals surface area contributed by atoms with Gasteiger partial charge in [-0.2, -0.15) is 5.26 Å². The van der Waals surface area contributed by atoms with Crippen LogP contribution in [0.1, 0.15) is 32.1 Å². The summed E-state index contributed by atoms with van der Waals surface area (Å²) in [6.45, 7) is 3.51. The lowest BCUT2D eigenvalue weighted by Crippen LogP contribution is -2.23. The van der Waals surface area contributed by atoms with Crippen LogP contribution in [0, 0.1) is 31.0 Å². The van der Waals surface area contributed by atoms with Crippen molar-refractivity contribution in [1.82, 2.24) is 4.57 Å². The maximum absolute atomic E-state index is 13.2. The van der Waals surface area contributed by atoms with E-state index < -0.39 is 18.5 Å². The number of nitriles is 1. The number of hydrogen-bond acceptors (Lipinski definition) is 5. The Kier molecular flexibility index (Phi) is 6.10. The van der Waals surface area contributed by atoms with E-state index >= 15 is 0 Å². The average molecular weight is 411 g/mol. The van der Waals surface area contributed by atoms with Gasteiger partial charge in [0.2, 0.25) is 0 Å². The van der Waals surface area contributed by atoms with E-state index in [1.54, 1.807) is 41.1 Å². The summed E-state index contributed by atoms with van der Waals surface area (Å²) in [5, 5.41) is 14.0. The standard InChI is InChI=1S/C21H18FN3O3S/c1-13-14(2)25(11-15-5-7-16(22)8-6-15)20(17(13)10-23)24-19(26)12-28-21(27)18-4-3-9-29-18/h3-9H,11-12H2,1-2H3,(H,24,26). The number of thiophene rings is 1. The van der Waals surface area contributed by atoms with Gasteiger partial charge in [0.05, 0.1) is 5.56 Å². The predicted molar refractivity (Wildman–Crippen MR) is 107 cm³/mol. The first-order chi connectivity index (χ1) is 13.9. The molecule has 1 amide bonds. The molecule has 1 N–H and O–H groups in total. The van der Waals surface area contributed by atoms with Crippen LogP contribution in [-0.2, 0) is 16.1 Å². The van der Waals surface area contributed by atoms with Crippen LogP contribution < -0.4 is 5.32 Å². The molecule has 8 heteroatoms. The van der Waals surface area contributed by atoms with Crippen LogP contribution in [0.25, 0.3) is 0 Å². The molecule has 29 heavy (non-hydrogen) atoms. The van der Waals surface area contributed by atoms with Crippen LogP contribution in [0.4, 0.5) is 10.2 Å². The fraction of sp³-hybridized carbons (Fsp3) is 0.190. The quantitative estimate of drug-likeness (QED) is 0.621. The van der Waals surface area contributed by atoms with Crippen molar-refractivity contribution < 1.29 is 18.7 Å². The van der Waals surface area contributed by atoms with E-state index in [4.69, 9.17) is 4.74 Å². The zero-order valence-electron chi connectivity index (χ0n) is 15.9. The minimum atomic E-state index is -0.579. The topological polar surface area (TPSA) is 84.1 Å². The molecule has 148 valence electrons. The molecule has 3 rings (SSSR count). The number of anilines is 1. The summed E-state index contributed by atoms with van der Waals surface area (Å²) in [7, 11) is 0. The third-order valence-electron chi connectivity index (χ3n) is 4.51. The number of ether oxygens (including phenoxy) is 1. The second kappa shape index (κ2) is 8.71. The van der Waals surface area contributed by atoms with Crippen LogP contribution in [0.2, 0.25) is 0 Å². The molecule has 0 aliphatic heterocycles. The van der Waals surface area contributed by atoms with Gasteiger partial charge >= 0.3 is 5.97 Å². The first-order valence-corrected chi connectivity index (χ1v) is 9.63. The number of hydrogen-bond donors (Lipinski definition) is 1. The molecule has 6 nitrogen and oxygen atoms in total. The highest BCUT2D eigenvalue weighted by Crippen LogP contribution is 2.27. The van der Waals surface area contributed by atoms with Crippen LogP contribution in [-0.4, -0.2) is 23.1 Å². The van der Waals surface area contributed by atoms with Gasteiger partial charge in [-0.25, -0.2) is 9.18 Å². The number of amides is 1. The molecule has 0 spiro atoms. The van der Waals surface area contributed by atoms with Gasteiger partial charge in [0.1, 0.15) is 22.6 Å². The highest BCUT2D eigenvalue weighted by molar-refractivity contribution is 7.11. The Morgan fingerprint density at radius 2 is 1.97 bits per heavy atom. The number of nitrogens with one attached hydrogen (secondary N) is 1. The molecule has 0 saturated heterocycles. The molecule has 0 aliphatic rings. The van der Waals surface area contributed by atoms with Crippen molar-refractivity contribution in [3.05, 3.63) is 74.9 Å². The van der Waals surface area contributed by atoms with E-state index in [2.05, 4.69) is 11.4 Å². The fourth-order valence-electron chi connectivity index (χ4n) is 2.87. The molecule has 0 atom stereocenters. The molecule has 0 saturated carbocycles. The number of nitrogens with zero attached hydrogens (tertiary/aromatic N) is 2. The largest absolute Gasteiger partial charge is 0.451 e. The van der Waals surface area contributed by atoms with Crippen molar-refractivity contribution in [2.45, 2.75) is 20.4 Å². The SMILES string of the molecule is Cc1c(C#N)c(NC(=O)COC(=O)c2cccs2)n(Cc2ccc(F)cc2)c1C. The zero-order valence-corrected chi connectivity index (χ0v) is 16.7. The van der Waals surface area contributed by atoms with Gasteiger partial charge in [0.15, 0.2) is 6.61 Å². The lowest BCUT2D eigenvalue weighted by Gasteiger charge is -2.13. The number of benzene rings is 1. The van der Waals surface area contributed by atoms with E-state index in [1.807, 2.05) is 6.92 Å². The Morgan fingerprint density at radius 3 is 2.59 bits per heavy atom. The van der Waals surface area contributed by atoms with E-state index in [9.17, 15) is 19.2 Å². The van der Waals surface area contributed by atoms with Crippen LogP contribution >= 0.6 is 11.3 Å². The van der Waals surface area contributed by atoms with Gasteiger partial charge in [-0.15, -0.1) is 11.3 Å². The van der Waals surface area contributed by atoms with Crippen molar-refractivity contribution >= 4 is 29.0 Å². The van der Waals surface area contributed by atoms with Crippen molar-refractivity contribution in [3.8, 4) is 6.07 Å². The summed E-state index contributed by atoms with van der Waals surface area (Å²) in [6.07, 6.45) is 0. The summed E-state index contributed by atoms with van der Waals surface area (Å²) < 4.78 is 20.0. The first kappa shape index (κ1) is 20.3. The number of halogens is 1. The van der Waals surface area contributed by atoms with Crippen LogP contribution in [0.5, 0.6) is 0 Å². The van der Waals surface area contributed by atoms with Gasteiger partial charge in [-0.05, 0) is 48.6 Å². The van der Waals surface area contributed by atoms with Gasteiger partial charge in [-0.1, -0.05) is 18.2 Å². The van der Waals surface area contributed by atoms with Gasteiger partial charge in [0.25, 0.3) is 5.91 Å². The predicted octanol–water partition coefficient (Wildman–Crippen LogP) is 4.02. The van der Waals surface area contributed by atoms with Crippen molar-refractivity contribution in [1.29, 1.82) is 5.26 Å². The Hall–Kier alpha value is -3.44. The zero-order chi connectivity index (χ0) is 21.0. The summed E-state index contributed by atoms with van der Waals surface area (Å²) in [6, 6.07) is 11.4. The average Bonchev–Trinajstić information content (AvgIpc) is 3.32. The lowest BCUT2D eigenvalue weighted by atomic mass is 10.2. The van der Waals surface area contributed by atoms with Crippen molar-refractivity contribution in [2.24, 2.45) is 0 Å². The molecular formula is C21H18FN3O3S. The van der Waals surface area contributed by atoms with Gasteiger partial charge < -0.3 is 14.6 Å². The smallest absolute Gasteiger partial charge is 0.348 e. The minimum absolute atomic E-state index is 0.323. The number of carbonyl (C=O) groups excluding carboxylic acids is 2. The molecule has 0 unspecified atom stereocenters. The molecule has 1 aromatic carbocycles.